The van der Waals surface area contributed by atoms with Crippen LogP contribution in [0.4, 0.5) is 11.5 Å². The second kappa shape index (κ2) is 6.24. The Bertz CT molecular complexity index is 905. The number of nitro groups is 1. The van der Waals surface area contributed by atoms with Gasteiger partial charge in [-0.25, -0.2) is 4.98 Å². The van der Waals surface area contributed by atoms with E-state index in [0.29, 0.717) is 14.7 Å². The van der Waals surface area contributed by atoms with Crippen molar-refractivity contribution in [2.24, 2.45) is 0 Å². The number of aromatic nitrogens is 1. The van der Waals surface area contributed by atoms with Crippen molar-refractivity contribution in [3.05, 3.63) is 42.6 Å². The Morgan fingerprint density at radius 2 is 2.08 bits per heavy atom. The van der Waals surface area contributed by atoms with Gasteiger partial charge in [-0.15, -0.1) is 0 Å². The Kier molecular flexibility index (Phi) is 4.28. The summed E-state index contributed by atoms with van der Waals surface area (Å²) >= 11 is 1.84. The summed E-state index contributed by atoms with van der Waals surface area (Å²) in [5.41, 5.74) is 8.65. The largest absolute Gasteiger partial charge is 0.501 e. The molecule has 0 saturated carbocycles. The van der Waals surface area contributed by atoms with Crippen molar-refractivity contribution < 1.29 is 10.0 Å². The van der Waals surface area contributed by atoms with Gasteiger partial charge in [-0.1, -0.05) is 0 Å². The lowest BCUT2D eigenvalue weighted by molar-refractivity contribution is -0.385. The number of aryl methyl sites for hydroxylation is 1. The lowest BCUT2D eigenvalue weighted by atomic mass is 9.86. The molecular formula is C16H13IN4O3. The molecule has 0 spiro atoms. The first-order valence-electron chi connectivity index (χ1n) is 7.32. The van der Waals surface area contributed by atoms with E-state index in [0.717, 1.165) is 36.9 Å². The van der Waals surface area contributed by atoms with E-state index < -0.39 is 4.92 Å². The maximum absolute atomic E-state index is 11.2. The van der Waals surface area contributed by atoms with Crippen molar-refractivity contribution in [2.75, 3.05) is 5.73 Å². The minimum atomic E-state index is -0.635. The normalized spacial score (nSPS) is 13.2. The zero-order chi connectivity index (χ0) is 17.4. The summed E-state index contributed by atoms with van der Waals surface area (Å²) < 4.78 is 0.348. The Labute approximate surface area is 151 Å². The maximum atomic E-state index is 11.2. The molecule has 1 heterocycles. The molecule has 2 aromatic rings. The molecule has 8 heteroatoms. The van der Waals surface area contributed by atoms with Crippen LogP contribution in [0.15, 0.2) is 12.1 Å². The molecule has 0 radical (unpaired) electrons. The van der Waals surface area contributed by atoms with Gasteiger partial charge in [-0.05, 0) is 65.5 Å². The van der Waals surface area contributed by atoms with Gasteiger partial charge in [0.1, 0.15) is 17.5 Å². The van der Waals surface area contributed by atoms with Crippen molar-refractivity contribution in [3.8, 4) is 22.9 Å². The average molecular weight is 436 g/mol. The fraction of sp³-hybridized carbons (Fsp3) is 0.250. The monoisotopic (exact) mass is 436 g/mol. The fourth-order valence-electron chi connectivity index (χ4n) is 3.06. The van der Waals surface area contributed by atoms with Crippen molar-refractivity contribution in [1.82, 2.24) is 4.98 Å². The third kappa shape index (κ3) is 2.65. The lowest BCUT2D eigenvalue weighted by Crippen LogP contribution is -2.12. The zero-order valence-electron chi connectivity index (χ0n) is 12.5. The molecule has 0 amide bonds. The number of pyridine rings is 1. The summed E-state index contributed by atoms with van der Waals surface area (Å²) in [6, 6.07) is 5.00. The predicted octanol–water partition coefficient (Wildman–Crippen LogP) is 3.30. The van der Waals surface area contributed by atoms with Crippen LogP contribution in [0, 0.1) is 25.0 Å². The number of hydrogen-bond donors (Lipinski definition) is 2. The standard InChI is InChI=1S/C16H13IN4O3/c17-11-5-8(6-13(15(11)22)21(23)24)14-9-3-1-2-4-12(9)20-16(19)10(14)7-18/h5-6,22H,1-4H2,(H2,19,20). The smallest absolute Gasteiger partial charge is 0.312 e. The van der Waals surface area contributed by atoms with Crippen LogP contribution >= 0.6 is 22.6 Å². The number of nitriles is 1. The highest BCUT2D eigenvalue weighted by Crippen LogP contribution is 2.41. The van der Waals surface area contributed by atoms with Crippen molar-refractivity contribution >= 4 is 34.1 Å². The van der Waals surface area contributed by atoms with Crippen molar-refractivity contribution in [1.29, 1.82) is 5.26 Å². The van der Waals surface area contributed by atoms with Gasteiger partial charge in [-0.3, -0.25) is 10.1 Å². The molecule has 1 aromatic heterocycles. The Hall–Kier alpha value is -2.41. The van der Waals surface area contributed by atoms with Crippen LogP contribution in [0.25, 0.3) is 11.1 Å². The number of hydrogen-bond acceptors (Lipinski definition) is 6. The molecule has 1 aromatic carbocycles. The molecular weight excluding hydrogens is 423 g/mol. The van der Waals surface area contributed by atoms with Gasteiger partial charge in [0.15, 0.2) is 0 Å². The highest BCUT2D eigenvalue weighted by molar-refractivity contribution is 14.1. The molecule has 7 nitrogen and oxygen atoms in total. The number of fused-ring (bicyclic) bond motifs is 1. The number of nitrogens with two attached hydrogens (primary N) is 1. The van der Waals surface area contributed by atoms with E-state index in [1.54, 1.807) is 6.07 Å². The molecule has 122 valence electrons. The lowest BCUT2D eigenvalue weighted by Gasteiger charge is -2.21. The van der Waals surface area contributed by atoms with Crippen LogP contribution in [-0.4, -0.2) is 15.0 Å². The van der Waals surface area contributed by atoms with Crippen molar-refractivity contribution in [2.45, 2.75) is 25.7 Å². The Morgan fingerprint density at radius 1 is 1.38 bits per heavy atom. The number of benzene rings is 1. The Morgan fingerprint density at radius 3 is 2.75 bits per heavy atom. The number of rotatable bonds is 2. The highest BCUT2D eigenvalue weighted by Gasteiger charge is 2.25. The topological polar surface area (TPSA) is 126 Å². The van der Waals surface area contributed by atoms with Gasteiger partial charge in [0.05, 0.1) is 8.49 Å². The zero-order valence-corrected chi connectivity index (χ0v) is 14.7. The number of nitrogens with zero attached hydrogens (tertiary/aromatic N) is 3. The summed E-state index contributed by atoms with van der Waals surface area (Å²) in [5, 5.41) is 30.6. The average Bonchev–Trinajstić information content (AvgIpc) is 2.55. The number of phenolic OH excluding ortho intramolecular Hbond substituents is 1. The molecule has 0 aliphatic heterocycles. The summed E-state index contributed by atoms with van der Waals surface area (Å²) in [4.78, 5) is 14.9. The van der Waals surface area contributed by atoms with E-state index in [2.05, 4.69) is 11.1 Å². The van der Waals surface area contributed by atoms with E-state index >= 15 is 0 Å². The number of anilines is 1. The molecule has 0 fully saturated rings. The van der Waals surface area contributed by atoms with Crippen LogP contribution in [0.2, 0.25) is 0 Å². The maximum Gasteiger partial charge on any atom is 0.312 e. The van der Waals surface area contributed by atoms with Gasteiger partial charge in [0, 0.05) is 17.3 Å². The summed E-state index contributed by atoms with van der Waals surface area (Å²) in [5.74, 6) is -0.238. The molecule has 0 saturated heterocycles. The second-order valence-electron chi connectivity index (χ2n) is 5.57. The molecule has 3 rings (SSSR count). The molecule has 0 unspecified atom stereocenters. The molecule has 3 N–H and O–H groups in total. The van der Waals surface area contributed by atoms with E-state index in [9.17, 15) is 20.5 Å². The van der Waals surface area contributed by atoms with Crippen LogP contribution in [0.5, 0.6) is 5.75 Å². The molecule has 1 aliphatic carbocycles. The van der Waals surface area contributed by atoms with Crippen LogP contribution in [0.1, 0.15) is 29.7 Å². The van der Waals surface area contributed by atoms with Gasteiger partial charge >= 0.3 is 5.69 Å². The first-order chi connectivity index (χ1) is 11.4. The summed E-state index contributed by atoms with van der Waals surface area (Å²) in [6.07, 6.45) is 3.49. The van der Waals surface area contributed by atoms with E-state index in [-0.39, 0.29) is 22.8 Å². The molecule has 24 heavy (non-hydrogen) atoms. The molecule has 0 bridgehead atoms. The minimum absolute atomic E-state index is 0.138. The number of nitro benzene ring substituents is 1. The van der Waals surface area contributed by atoms with E-state index in [1.807, 2.05) is 22.6 Å². The summed E-state index contributed by atoms with van der Waals surface area (Å²) in [6.45, 7) is 0. The molecule has 1 aliphatic rings. The highest BCUT2D eigenvalue weighted by atomic mass is 127. The first-order valence-corrected chi connectivity index (χ1v) is 8.40. The van der Waals surface area contributed by atoms with Crippen LogP contribution in [-0.2, 0) is 12.8 Å². The van der Waals surface area contributed by atoms with E-state index in [4.69, 9.17) is 5.73 Å². The molecule has 0 atom stereocenters. The first kappa shape index (κ1) is 16.4. The summed E-state index contributed by atoms with van der Waals surface area (Å²) in [7, 11) is 0. The minimum Gasteiger partial charge on any atom is -0.501 e. The predicted molar refractivity (Wildman–Crippen MR) is 96.5 cm³/mol. The number of halogens is 1. The number of phenols is 1. The van der Waals surface area contributed by atoms with Gasteiger partial charge in [0.25, 0.3) is 0 Å². The fourth-order valence-corrected chi connectivity index (χ4v) is 3.67. The quantitative estimate of drug-likeness (QED) is 0.423. The third-order valence-corrected chi connectivity index (χ3v) is 4.96. The second-order valence-corrected chi connectivity index (χ2v) is 6.74. The van der Waals surface area contributed by atoms with Gasteiger partial charge < -0.3 is 10.8 Å². The number of aromatic hydroxyl groups is 1. The third-order valence-electron chi connectivity index (χ3n) is 4.14. The Balaban J connectivity index is 2.36. The van der Waals surface area contributed by atoms with E-state index in [1.165, 1.54) is 6.07 Å². The number of nitrogen functional groups attached to an aromatic ring is 1. The SMILES string of the molecule is N#Cc1c(N)nc2c(c1-c1cc(I)c(O)c([N+](=O)[O-])c1)CCCC2. The van der Waals surface area contributed by atoms with Crippen LogP contribution in [0.3, 0.4) is 0 Å². The van der Waals surface area contributed by atoms with Gasteiger partial charge in [0.2, 0.25) is 5.75 Å². The van der Waals surface area contributed by atoms with Gasteiger partial charge in [-0.2, -0.15) is 5.26 Å². The van der Waals surface area contributed by atoms with Crippen molar-refractivity contribution in [3.63, 3.8) is 0 Å². The van der Waals surface area contributed by atoms with Crippen LogP contribution < -0.4 is 5.73 Å².